The van der Waals surface area contributed by atoms with E-state index < -0.39 is 0 Å². The fourth-order valence-electron chi connectivity index (χ4n) is 2.08. The highest BCUT2D eigenvalue weighted by Gasteiger charge is 2.09. The van der Waals surface area contributed by atoms with Crippen LogP contribution in [0.1, 0.15) is 11.1 Å². The summed E-state index contributed by atoms with van der Waals surface area (Å²) in [6, 6.07) is 7.22. The fraction of sp³-hybridized carbons (Fsp3) is 0.154. The van der Waals surface area contributed by atoms with Gasteiger partial charge in [-0.1, -0.05) is 12.1 Å². The zero-order valence-electron chi connectivity index (χ0n) is 9.16. The second-order valence-corrected chi connectivity index (χ2v) is 4.08. The number of aryl methyl sites for hydroxylation is 2. The molecule has 0 atom stereocenters. The number of aromatic nitrogens is 2. The van der Waals surface area contributed by atoms with Gasteiger partial charge in [-0.2, -0.15) is 0 Å². The summed E-state index contributed by atoms with van der Waals surface area (Å²) in [7, 11) is 0. The first-order valence-corrected chi connectivity index (χ1v) is 5.20. The van der Waals surface area contributed by atoms with E-state index in [2.05, 4.69) is 4.98 Å². The Labute approximate surface area is 92.3 Å². The van der Waals surface area contributed by atoms with E-state index in [4.69, 9.17) is 0 Å². The molecule has 0 amide bonds. The average Bonchev–Trinajstić information content (AvgIpc) is 2.63. The summed E-state index contributed by atoms with van der Waals surface area (Å²) >= 11 is 0. The number of pyridine rings is 1. The molecule has 3 rings (SSSR count). The van der Waals surface area contributed by atoms with Crippen molar-refractivity contribution >= 4 is 16.7 Å². The molecule has 1 aromatic carbocycles. The van der Waals surface area contributed by atoms with E-state index in [0.29, 0.717) is 0 Å². The molecule has 0 radical (unpaired) electrons. The van der Waals surface area contributed by atoms with Crippen LogP contribution in [0.4, 0.5) is 4.39 Å². The summed E-state index contributed by atoms with van der Waals surface area (Å²) in [4.78, 5) is 4.51. The van der Waals surface area contributed by atoms with Gasteiger partial charge in [-0.3, -0.25) is 4.40 Å². The molecule has 80 valence electrons. The van der Waals surface area contributed by atoms with Gasteiger partial charge in [-0.15, -0.1) is 0 Å². The largest absolute Gasteiger partial charge is 0.296 e. The molecular formula is C13H11FN2. The highest BCUT2D eigenvalue weighted by molar-refractivity contribution is 5.86. The quantitative estimate of drug-likeness (QED) is 0.561. The third-order valence-electron chi connectivity index (χ3n) is 2.91. The Morgan fingerprint density at radius 1 is 1.06 bits per heavy atom. The number of benzene rings is 1. The molecule has 3 heteroatoms. The number of hydrogen-bond donors (Lipinski definition) is 0. The molecule has 0 unspecified atom stereocenters. The van der Waals surface area contributed by atoms with Crippen molar-refractivity contribution in [1.29, 1.82) is 0 Å². The first-order chi connectivity index (χ1) is 7.66. The van der Waals surface area contributed by atoms with E-state index in [1.54, 1.807) is 6.07 Å². The molecule has 0 spiro atoms. The van der Waals surface area contributed by atoms with Crippen molar-refractivity contribution in [2.45, 2.75) is 13.8 Å². The molecule has 0 aliphatic rings. The van der Waals surface area contributed by atoms with Crippen molar-refractivity contribution in [3.63, 3.8) is 0 Å². The first kappa shape index (κ1) is 9.33. The highest BCUT2D eigenvalue weighted by atomic mass is 19.1. The maximum atomic E-state index is 13.2. The number of nitrogens with zero attached hydrogens (tertiary/aromatic N) is 2. The molecule has 0 bridgehead atoms. The van der Waals surface area contributed by atoms with E-state index in [1.165, 1.54) is 12.3 Å². The van der Waals surface area contributed by atoms with Crippen LogP contribution in [0.2, 0.25) is 0 Å². The van der Waals surface area contributed by atoms with E-state index in [0.717, 1.165) is 27.8 Å². The minimum atomic E-state index is -0.243. The van der Waals surface area contributed by atoms with Crippen molar-refractivity contribution < 1.29 is 4.39 Å². The summed E-state index contributed by atoms with van der Waals surface area (Å²) in [5.41, 5.74) is 4.96. The van der Waals surface area contributed by atoms with Crippen molar-refractivity contribution in [3.05, 3.63) is 47.4 Å². The smallest absolute Gasteiger partial charge is 0.139 e. The molecule has 16 heavy (non-hydrogen) atoms. The van der Waals surface area contributed by atoms with Gasteiger partial charge in [0.1, 0.15) is 11.5 Å². The van der Waals surface area contributed by atoms with E-state index in [1.807, 2.05) is 30.4 Å². The molecule has 2 heterocycles. The summed E-state index contributed by atoms with van der Waals surface area (Å²) < 4.78 is 15.0. The maximum Gasteiger partial charge on any atom is 0.139 e. The molecule has 2 aromatic heterocycles. The Balaban J connectivity index is 2.62. The molecule has 0 aliphatic carbocycles. The topological polar surface area (TPSA) is 17.3 Å². The van der Waals surface area contributed by atoms with Crippen LogP contribution in [0.15, 0.2) is 30.5 Å². The number of hydrogen-bond acceptors (Lipinski definition) is 1. The third kappa shape index (κ3) is 1.14. The Kier molecular flexibility index (Phi) is 1.78. The normalized spacial score (nSPS) is 11.4. The molecule has 0 aliphatic heterocycles. The SMILES string of the molecule is Cc1ccc(C)c2c1nc1ccc(F)cn12. The van der Waals surface area contributed by atoms with E-state index in [-0.39, 0.29) is 5.82 Å². The lowest BCUT2D eigenvalue weighted by molar-refractivity contribution is 0.620. The average molecular weight is 214 g/mol. The fourth-order valence-corrected chi connectivity index (χ4v) is 2.08. The Morgan fingerprint density at radius 2 is 1.81 bits per heavy atom. The Hall–Kier alpha value is -1.90. The zero-order chi connectivity index (χ0) is 11.3. The minimum Gasteiger partial charge on any atom is -0.296 e. The van der Waals surface area contributed by atoms with Gasteiger partial charge in [-0.25, -0.2) is 9.37 Å². The number of rotatable bonds is 0. The minimum absolute atomic E-state index is 0.243. The summed E-state index contributed by atoms with van der Waals surface area (Å²) in [5.74, 6) is -0.243. The molecule has 0 fully saturated rings. The number of imidazole rings is 1. The third-order valence-corrected chi connectivity index (χ3v) is 2.91. The molecule has 0 saturated carbocycles. The van der Waals surface area contributed by atoms with Gasteiger partial charge in [-0.05, 0) is 37.1 Å². The standard InChI is InChI=1S/C13H11FN2/c1-8-3-4-9(2)13-12(8)15-11-6-5-10(14)7-16(11)13/h3-7H,1-2H3. The van der Waals surface area contributed by atoms with Crippen LogP contribution in [0.5, 0.6) is 0 Å². The van der Waals surface area contributed by atoms with Gasteiger partial charge in [0.25, 0.3) is 0 Å². The molecule has 0 saturated heterocycles. The maximum absolute atomic E-state index is 13.2. The van der Waals surface area contributed by atoms with Crippen molar-refractivity contribution in [3.8, 4) is 0 Å². The van der Waals surface area contributed by atoms with Crippen LogP contribution < -0.4 is 0 Å². The lowest BCUT2D eigenvalue weighted by atomic mass is 10.1. The molecule has 0 N–H and O–H groups in total. The van der Waals surface area contributed by atoms with Gasteiger partial charge in [0.15, 0.2) is 0 Å². The molecule has 2 nitrogen and oxygen atoms in total. The van der Waals surface area contributed by atoms with Gasteiger partial charge < -0.3 is 0 Å². The highest BCUT2D eigenvalue weighted by Crippen LogP contribution is 2.23. The number of fused-ring (bicyclic) bond motifs is 3. The lowest BCUT2D eigenvalue weighted by Gasteiger charge is -2.00. The van der Waals surface area contributed by atoms with E-state index in [9.17, 15) is 4.39 Å². The lowest BCUT2D eigenvalue weighted by Crippen LogP contribution is -1.88. The second kappa shape index (κ2) is 3.04. The van der Waals surface area contributed by atoms with Crippen LogP contribution >= 0.6 is 0 Å². The number of halogens is 1. The van der Waals surface area contributed by atoms with Gasteiger partial charge in [0.05, 0.1) is 11.0 Å². The van der Waals surface area contributed by atoms with Crippen LogP contribution in [0.3, 0.4) is 0 Å². The van der Waals surface area contributed by atoms with Gasteiger partial charge >= 0.3 is 0 Å². The van der Waals surface area contributed by atoms with Crippen LogP contribution in [-0.2, 0) is 0 Å². The Morgan fingerprint density at radius 3 is 2.62 bits per heavy atom. The molecular weight excluding hydrogens is 203 g/mol. The summed E-state index contributed by atoms with van der Waals surface area (Å²) in [6.07, 6.45) is 1.48. The predicted molar refractivity (Wildman–Crippen MR) is 62.1 cm³/mol. The Bertz CT molecular complexity index is 698. The van der Waals surface area contributed by atoms with Crippen LogP contribution in [-0.4, -0.2) is 9.38 Å². The van der Waals surface area contributed by atoms with Gasteiger partial charge in [0, 0.05) is 6.20 Å². The second-order valence-electron chi connectivity index (χ2n) is 4.08. The first-order valence-electron chi connectivity index (χ1n) is 5.20. The summed E-state index contributed by atoms with van der Waals surface area (Å²) in [6.45, 7) is 4.03. The van der Waals surface area contributed by atoms with Crippen molar-refractivity contribution in [1.82, 2.24) is 9.38 Å². The predicted octanol–water partition coefficient (Wildman–Crippen LogP) is 3.24. The van der Waals surface area contributed by atoms with Crippen molar-refractivity contribution in [2.75, 3.05) is 0 Å². The van der Waals surface area contributed by atoms with Gasteiger partial charge in [0.2, 0.25) is 0 Å². The molecule has 3 aromatic rings. The van der Waals surface area contributed by atoms with Crippen LogP contribution in [0.25, 0.3) is 16.7 Å². The zero-order valence-corrected chi connectivity index (χ0v) is 9.16. The monoisotopic (exact) mass is 214 g/mol. The van der Waals surface area contributed by atoms with Crippen molar-refractivity contribution in [2.24, 2.45) is 0 Å². The summed E-state index contributed by atoms with van der Waals surface area (Å²) in [5, 5.41) is 0. The van der Waals surface area contributed by atoms with Crippen LogP contribution in [0, 0.1) is 19.7 Å². The van der Waals surface area contributed by atoms with E-state index >= 15 is 0 Å².